The van der Waals surface area contributed by atoms with Crippen molar-refractivity contribution in [3.05, 3.63) is 54.5 Å². The Kier molecular flexibility index (Phi) is 8.89. The van der Waals surface area contributed by atoms with E-state index >= 15 is 0 Å². The van der Waals surface area contributed by atoms with Crippen LogP contribution in [-0.4, -0.2) is 67.8 Å². The molecule has 0 bridgehead atoms. The van der Waals surface area contributed by atoms with Gasteiger partial charge in [0.1, 0.15) is 41.4 Å². The molecule has 1 saturated carbocycles. The number of hydrogen-bond donors (Lipinski definition) is 4. The van der Waals surface area contributed by atoms with Gasteiger partial charge >= 0.3 is 13.7 Å². The van der Waals surface area contributed by atoms with Crippen molar-refractivity contribution >= 4 is 25.1 Å². The van der Waals surface area contributed by atoms with Crippen molar-refractivity contribution in [2.75, 3.05) is 18.9 Å². The second-order valence-corrected chi connectivity index (χ2v) is 12.9. The molecule has 1 aromatic carbocycles. The van der Waals surface area contributed by atoms with Gasteiger partial charge in [-0.25, -0.2) is 14.1 Å². The van der Waals surface area contributed by atoms with Crippen molar-refractivity contribution in [3.8, 4) is 5.75 Å². The number of carbonyl (C=O) groups excluding carboxylic acids is 1. The number of nitrogens with two attached hydrogens (primary N) is 1. The molecular formula is C28H38N5O8P. The average molecular weight is 604 g/mol. The topological polar surface area (TPSA) is 180 Å². The number of rotatable bonds is 10. The van der Waals surface area contributed by atoms with E-state index in [1.807, 2.05) is 0 Å². The highest BCUT2D eigenvalue weighted by Crippen LogP contribution is 2.48. The van der Waals surface area contributed by atoms with E-state index in [9.17, 15) is 19.6 Å². The van der Waals surface area contributed by atoms with E-state index in [-0.39, 0.29) is 30.0 Å². The highest BCUT2D eigenvalue weighted by Gasteiger charge is 2.58. The summed E-state index contributed by atoms with van der Waals surface area (Å²) in [7, 11) is -4.25. The normalized spacial score (nSPS) is 27.3. The molecule has 2 aliphatic rings. The Hall–Kier alpha value is -3.06. The Balaban J connectivity index is 1.32. The predicted octanol–water partition coefficient (Wildman–Crippen LogP) is 3.10. The van der Waals surface area contributed by atoms with Crippen LogP contribution in [-0.2, 0) is 29.0 Å². The van der Waals surface area contributed by atoms with Gasteiger partial charge in [-0.15, -0.1) is 0 Å². The summed E-state index contributed by atoms with van der Waals surface area (Å²) < 4.78 is 38.6. The molecule has 5 rings (SSSR count). The maximum absolute atomic E-state index is 14.1. The fraction of sp³-hybridized carbons (Fsp3) is 0.536. The van der Waals surface area contributed by atoms with Gasteiger partial charge in [0.2, 0.25) is 0 Å². The van der Waals surface area contributed by atoms with Crippen molar-refractivity contribution in [1.29, 1.82) is 0 Å². The quantitative estimate of drug-likeness (QED) is 0.151. The zero-order valence-electron chi connectivity index (χ0n) is 23.7. The fourth-order valence-corrected chi connectivity index (χ4v) is 6.98. The van der Waals surface area contributed by atoms with Crippen molar-refractivity contribution in [2.24, 2.45) is 0 Å². The molecule has 0 spiro atoms. The van der Waals surface area contributed by atoms with Gasteiger partial charge in [0.15, 0.2) is 11.4 Å². The lowest BCUT2D eigenvalue weighted by atomic mass is 9.86. The molecule has 13 nitrogen and oxygen atoms in total. The fourth-order valence-electron chi connectivity index (χ4n) is 5.39. The Morgan fingerprint density at radius 3 is 2.64 bits per heavy atom. The molecule has 1 aliphatic carbocycles. The second kappa shape index (κ2) is 12.3. The molecule has 14 heteroatoms. The predicted molar refractivity (Wildman–Crippen MR) is 152 cm³/mol. The van der Waals surface area contributed by atoms with Crippen LogP contribution in [0.2, 0.25) is 0 Å². The highest BCUT2D eigenvalue weighted by molar-refractivity contribution is 7.52. The number of nitrogens with one attached hydrogen (secondary N) is 1. The van der Waals surface area contributed by atoms with Crippen molar-refractivity contribution in [2.45, 2.75) is 81.8 Å². The van der Waals surface area contributed by atoms with Gasteiger partial charge in [-0.3, -0.25) is 9.32 Å². The van der Waals surface area contributed by atoms with E-state index in [1.54, 1.807) is 42.5 Å². The molecule has 0 radical (unpaired) electrons. The standard InChI is InChI=1S/C28H38N5O8P/c1-19(25(34)40-20-10-6-3-4-7-11-20)32-42(37,41-21-12-8-5-9-13-21)39-16-27(2)26(35)28(36,17-38-27)23-15-14-22-24(29)30-18-31-33(22)23/h5,8-9,12-15,18-20,26,35-36H,3-4,6-7,10-11,16-17H2,1-2H3,(H,32,37)(H2,29,30,31)/t19-,26+,27+,28+,42-/m0/s1. The van der Waals surface area contributed by atoms with E-state index < -0.39 is 43.7 Å². The molecule has 1 saturated heterocycles. The van der Waals surface area contributed by atoms with Crippen LogP contribution in [0.5, 0.6) is 5.75 Å². The second-order valence-electron chi connectivity index (χ2n) is 11.2. The number of benzene rings is 1. The largest absolute Gasteiger partial charge is 0.461 e. The van der Waals surface area contributed by atoms with Crippen LogP contribution in [0.25, 0.3) is 5.52 Å². The molecule has 2 fully saturated rings. The van der Waals surface area contributed by atoms with Crippen LogP contribution in [0, 0.1) is 0 Å². The zero-order valence-corrected chi connectivity index (χ0v) is 24.6. The first-order valence-electron chi connectivity index (χ1n) is 14.1. The van der Waals surface area contributed by atoms with Gasteiger partial charge in [0.05, 0.1) is 18.9 Å². The SMILES string of the molecule is C[C@H](N[P@](=O)(OC[C@@]1(C)OC[C@@](O)(c2ccc3c(N)ncnn23)[C@@H]1O)Oc1ccccc1)C(=O)OC1CCCCCC1. The summed E-state index contributed by atoms with van der Waals surface area (Å²) in [5.74, 6) is -0.123. The minimum atomic E-state index is -4.25. The summed E-state index contributed by atoms with van der Waals surface area (Å²) in [4.78, 5) is 16.9. The van der Waals surface area contributed by atoms with Gasteiger partial charge in [0.25, 0.3) is 0 Å². The lowest BCUT2D eigenvalue weighted by molar-refractivity contribution is -0.151. The number of aliphatic hydroxyl groups is 2. The van der Waals surface area contributed by atoms with E-state index in [0.717, 1.165) is 38.5 Å². The van der Waals surface area contributed by atoms with Gasteiger partial charge in [0, 0.05) is 0 Å². The average Bonchev–Trinajstić information content (AvgIpc) is 3.39. The summed E-state index contributed by atoms with van der Waals surface area (Å²) in [5.41, 5.74) is 3.18. The third-order valence-electron chi connectivity index (χ3n) is 7.86. The maximum atomic E-state index is 14.1. The van der Waals surface area contributed by atoms with Crippen LogP contribution in [0.15, 0.2) is 48.8 Å². The summed E-state index contributed by atoms with van der Waals surface area (Å²) >= 11 is 0. The van der Waals surface area contributed by atoms with Crippen LogP contribution < -0.4 is 15.3 Å². The first-order valence-corrected chi connectivity index (χ1v) is 15.7. The number of aliphatic hydroxyl groups excluding tert-OH is 1. The highest BCUT2D eigenvalue weighted by atomic mass is 31.2. The molecule has 2 aromatic heterocycles. The molecule has 0 unspecified atom stereocenters. The van der Waals surface area contributed by atoms with Gasteiger partial charge in [-0.05, 0) is 63.8 Å². The molecule has 42 heavy (non-hydrogen) atoms. The molecule has 5 atom stereocenters. The van der Waals surface area contributed by atoms with Crippen molar-refractivity contribution in [3.63, 3.8) is 0 Å². The van der Waals surface area contributed by atoms with Gasteiger partial charge in [-0.2, -0.15) is 10.2 Å². The summed E-state index contributed by atoms with van der Waals surface area (Å²) in [6.45, 7) is 2.27. The Labute approximate surface area is 243 Å². The Bertz CT molecular complexity index is 1430. The van der Waals surface area contributed by atoms with E-state index in [0.29, 0.717) is 5.52 Å². The van der Waals surface area contributed by atoms with E-state index in [1.165, 1.54) is 24.7 Å². The third kappa shape index (κ3) is 6.31. The molecule has 5 N–H and O–H groups in total. The smallest absolute Gasteiger partial charge is 0.459 e. The van der Waals surface area contributed by atoms with E-state index in [2.05, 4.69) is 15.2 Å². The number of para-hydroxylation sites is 1. The number of ether oxygens (including phenoxy) is 2. The minimum Gasteiger partial charge on any atom is -0.461 e. The van der Waals surface area contributed by atoms with Crippen LogP contribution in [0.3, 0.4) is 0 Å². The number of fused-ring (bicyclic) bond motifs is 1. The lowest BCUT2D eigenvalue weighted by Gasteiger charge is -2.33. The molecule has 228 valence electrons. The number of nitrogens with zero attached hydrogens (tertiary/aromatic N) is 3. The third-order valence-corrected chi connectivity index (χ3v) is 9.48. The van der Waals surface area contributed by atoms with Gasteiger partial charge < -0.3 is 29.9 Å². The van der Waals surface area contributed by atoms with Crippen molar-refractivity contribution < 1.29 is 38.1 Å². The molecule has 3 aromatic rings. The minimum absolute atomic E-state index is 0.191. The number of esters is 1. The number of carbonyl (C=O) groups is 1. The first-order chi connectivity index (χ1) is 20.0. The first kappa shape index (κ1) is 30.4. The number of nitrogen functional groups attached to an aromatic ring is 1. The van der Waals surface area contributed by atoms with Crippen molar-refractivity contribution in [1.82, 2.24) is 19.7 Å². The van der Waals surface area contributed by atoms with Crippen LogP contribution >= 0.6 is 7.75 Å². The molecule has 0 amide bonds. The number of anilines is 1. The number of aromatic nitrogens is 3. The summed E-state index contributed by atoms with van der Waals surface area (Å²) in [6.07, 6.45) is 5.30. The maximum Gasteiger partial charge on any atom is 0.459 e. The lowest BCUT2D eigenvalue weighted by Crippen LogP contribution is -2.50. The van der Waals surface area contributed by atoms with Crippen LogP contribution in [0.1, 0.15) is 58.1 Å². The molecule has 3 heterocycles. The van der Waals surface area contributed by atoms with E-state index in [4.69, 9.17) is 24.3 Å². The van der Waals surface area contributed by atoms with Gasteiger partial charge in [-0.1, -0.05) is 31.0 Å². The Morgan fingerprint density at radius 2 is 1.93 bits per heavy atom. The summed E-state index contributed by atoms with van der Waals surface area (Å²) in [6, 6.07) is 10.5. The monoisotopic (exact) mass is 603 g/mol. The molecular weight excluding hydrogens is 565 g/mol. The molecule has 1 aliphatic heterocycles. The van der Waals surface area contributed by atoms with Crippen LogP contribution in [0.4, 0.5) is 5.82 Å². The summed E-state index contributed by atoms with van der Waals surface area (Å²) in [5, 5.41) is 29.8. The Morgan fingerprint density at radius 1 is 1.21 bits per heavy atom. The number of hydrogen-bond acceptors (Lipinski definition) is 11. The zero-order chi connectivity index (χ0) is 30.0.